The van der Waals surface area contributed by atoms with Crippen LogP contribution in [0.15, 0.2) is 24.3 Å². The number of amides is 2. The number of aromatic hydroxyl groups is 1. The molecule has 2 rings (SSSR count). The number of carbonyl (C=O) groups excluding carboxylic acids is 1. The van der Waals surface area contributed by atoms with Gasteiger partial charge < -0.3 is 20.1 Å². The summed E-state index contributed by atoms with van der Waals surface area (Å²) in [7, 11) is 0. The van der Waals surface area contributed by atoms with Gasteiger partial charge in [0.15, 0.2) is 0 Å². The lowest BCUT2D eigenvalue weighted by Gasteiger charge is -2.26. The molecule has 1 aromatic carbocycles. The Bertz CT molecular complexity index is 403. The Labute approximate surface area is 106 Å². The number of ether oxygens (including phenoxy) is 1. The predicted molar refractivity (Wildman–Crippen MR) is 67.6 cm³/mol. The number of benzene rings is 1. The van der Waals surface area contributed by atoms with Gasteiger partial charge >= 0.3 is 6.03 Å². The molecule has 2 amide bonds. The van der Waals surface area contributed by atoms with Gasteiger partial charge in [-0.25, -0.2) is 4.79 Å². The number of carbonyl (C=O) groups is 1. The largest absolute Gasteiger partial charge is 0.508 e. The zero-order valence-corrected chi connectivity index (χ0v) is 10.3. The van der Waals surface area contributed by atoms with Crippen molar-refractivity contribution in [3.8, 4) is 5.75 Å². The van der Waals surface area contributed by atoms with E-state index in [0.717, 1.165) is 5.56 Å². The van der Waals surface area contributed by atoms with E-state index in [9.17, 15) is 9.90 Å². The average molecular weight is 250 g/mol. The van der Waals surface area contributed by atoms with Gasteiger partial charge in [-0.15, -0.1) is 0 Å². The Morgan fingerprint density at radius 3 is 2.89 bits per heavy atom. The number of nitrogens with zero attached hydrogens (tertiary/aromatic N) is 1. The summed E-state index contributed by atoms with van der Waals surface area (Å²) in [6, 6.07) is 7.03. The Morgan fingerprint density at radius 1 is 1.39 bits per heavy atom. The zero-order chi connectivity index (χ0) is 12.8. The topological polar surface area (TPSA) is 61.8 Å². The highest BCUT2D eigenvalue weighted by Gasteiger charge is 2.15. The van der Waals surface area contributed by atoms with Gasteiger partial charge in [0.2, 0.25) is 0 Å². The van der Waals surface area contributed by atoms with Crippen molar-refractivity contribution in [2.45, 2.75) is 6.42 Å². The highest BCUT2D eigenvalue weighted by Crippen LogP contribution is 2.10. The monoisotopic (exact) mass is 250 g/mol. The summed E-state index contributed by atoms with van der Waals surface area (Å²) in [5.41, 5.74) is 1.01. The van der Waals surface area contributed by atoms with Crippen molar-refractivity contribution in [1.29, 1.82) is 0 Å². The Morgan fingerprint density at radius 2 is 2.17 bits per heavy atom. The normalized spacial score (nSPS) is 15.4. The van der Waals surface area contributed by atoms with Crippen LogP contribution in [0.25, 0.3) is 0 Å². The standard InChI is InChI=1S/C13H18N2O3/c16-12-3-1-2-11(10-12)4-5-14-13(17)15-6-8-18-9-7-15/h1-3,10,16H,4-9H2,(H,14,17). The number of phenolic OH excluding ortho intramolecular Hbond substituents is 1. The minimum absolute atomic E-state index is 0.0431. The minimum Gasteiger partial charge on any atom is -0.508 e. The van der Waals surface area contributed by atoms with E-state index in [4.69, 9.17) is 4.74 Å². The van der Waals surface area contributed by atoms with Crippen LogP contribution in [-0.2, 0) is 11.2 Å². The van der Waals surface area contributed by atoms with E-state index in [1.54, 1.807) is 23.1 Å². The van der Waals surface area contributed by atoms with E-state index in [0.29, 0.717) is 39.3 Å². The van der Waals surface area contributed by atoms with Gasteiger partial charge in [0.1, 0.15) is 5.75 Å². The lowest BCUT2D eigenvalue weighted by molar-refractivity contribution is 0.0533. The molecule has 0 atom stereocenters. The SMILES string of the molecule is O=C(NCCc1cccc(O)c1)N1CCOCC1. The number of nitrogens with one attached hydrogen (secondary N) is 1. The fraction of sp³-hybridized carbons (Fsp3) is 0.462. The van der Waals surface area contributed by atoms with Crippen LogP contribution < -0.4 is 5.32 Å². The van der Waals surface area contributed by atoms with Crippen molar-refractivity contribution in [1.82, 2.24) is 10.2 Å². The van der Waals surface area contributed by atoms with Crippen LogP contribution in [-0.4, -0.2) is 48.9 Å². The molecule has 0 aliphatic carbocycles. The van der Waals surface area contributed by atoms with E-state index in [1.165, 1.54) is 0 Å². The van der Waals surface area contributed by atoms with Crippen molar-refractivity contribution < 1.29 is 14.6 Å². The van der Waals surface area contributed by atoms with E-state index in [2.05, 4.69) is 5.32 Å². The smallest absolute Gasteiger partial charge is 0.317 e. The van der Waals surface area contributed by atoms with E-state index in [-0.39, 0.29) is 11.8 Å². The predicted octanol–water partition coefficient (Wildman–Crippen LogP) is 0.976. The van der Waals surface area contributed by atoms with Gasteiger partial charge in [-0.1, -0.05) is 12.1 Å². The molecule has 98 valence electrons. The first-order valence-electron chi connectivity index (χ1n) is 6.14. The number of rotatable bonds is 3. The van der Waals surface area contributed by atoms with Gasteiger partial charge in [0.25, 0.3) is 0 Å². The molecule has 1 aliphatic rings. The molecule has 1 heterocycles. The summed E-state index contributed by atoms with van der Waals surface area (Å²) < 4.78 is 5.19. The number of hydrogen-bond acceptors (Lipinski definition) is 3. The molecule has 18 heavy (non-hydrogen) atoms. The van der Waals surface area contributed by atoms with E-state index in [1.807, 2.05) is 6.07 Å². The maximum Gasteiger partial charge on any atom is 0.317 e. The van der Waals surface area contributed by atoms with Gasteiger partial charge in [-0.3, -0.25) is 0 Å². The Kier molecular flexibility index (Phi) is 4.41. The summed E-state index contributed by atoms with van der Waals surface area (Å²) in [6.45, 7) is 3.09. The molecule has 0 radical (unpaired) electrons. The quantitative estimate of drug-likeness (QED) is 0.840. The summed E-state index contributed by atoms with van der Waals surface area (Å²) >= 11 is 0. The van der Waals surface area contributed by atoms with Crippen molar-refractivity contribution in [3.05, 3.63) is 29.8 Å². The summed E-state index contributed by atoms with van der Waals surface area (Å²) in [5, 5.41) is 12.2. The molecule has 0 saturated carbocycles. The molecule has 0 aromatic heterocycles. The average Bonchev–Trinajstić information content (AvgIpc) is 2.40. The van der Waals surface area contributed by atoms with Gasteiger partial charge in [0.05, 0.1) is 13.2 Å². The fourth-order valence-electron chi connectivity index (χ4n) is 1.90. The highest BCUT2D eigenvalue weighted by atomic mass is 16.5. The van der Waals surface area contributed by atoms with E-state index < -0.39 is 0 Å². The van der Waals surface area contributed by atoms with Crippen molar-refractivity contribution in [3.63, 3.8) is 0 Å². The van der Waals surface area contributed by atoms with Crippen molar-refractivity contribution in [2.24, 2.45) is 0 Å². The van der Waals surface area contributed by atoms with E-state index >= 15 is 0 Å². The highest BCUT2D eigenvalue weighted by molar-refractivity contribution is 5.74. The number of urea groups is 1. The molecule has 1 aliphatic heterocycles. The van der Waals surface area contributed by atoms with Crippen LogP contribution in [0.4, 0.5) is 4.79 Å². The third-order valence-electron chi connectivity index (χ3n) is 2.90. The Hall–Kier alpha value is -1.75. The van der Waals surface area contributed by atoms with Crippen LogP contribution in [0.2, 0.25) is 0 Å². The third-order valence-corrected chi connectivity index (χ3v) is 2.90. The molecule has 2 N–H and O–H groups in total. The van der Waals surface area contributed by atoms with Crippen LogP contribution in [0.5, 0.6) is 5.75 Å². The molecule has 5 heteroatoms. The van der Waals surface area contributed by atoms with Crippen LogP contribution in [0.3, 0.4) is 0 Å². The molecular formula is C13H18N2O3. The molecular weight excluding hydrogens is 232 g/mol. The van der Waals surface area contributed by atoms with Crippen molar-refractivity contribution in [2.75, 3.05) is 32.8 Å². The van der Waals surface area contributed by atoms with Crippen LogP contribution >= 0.6 is 0 Å². The van der Waals surface area contributed by atoms with Gasteiger partial charge in [0, 0.05) is 19.6 Å². The molecule has 1 saturated heterocycles. The number of phenols is 1. The first-order chi connectivity index (χ1) is 8.75. The lowest BCUT2D eigenvalue weighted by Crippen LogP contribution is -2.46. The van der Waals surface area contributed by atoms with Gasteiger partial charge in [-0.2, -0.15) is 0 Å². The second kappa shape index (κ2) is 6.26. The van der Waals surface area contributed by atoms with Gasteiger partial charge in [-0.05, 0) is 24.1 Å². The summed E-state index contributed by atoms with van der Waals surface area (Å²) in [6.07, 6.45) is 0.713. The molecule has 0 unspecified atom stereocenters. The fourth-order valence-corrected chi connectivity index (χ4v) is 1.90. The van der Waals surface area contributed by atoms with Crippen molar-refractivity contribution >= 4 is 6.03 Å². The minimum atomic E-state index is -0.0431. The second-order valence-electron chi connectivity index (χ2n) is 4.25. The first-order valence-corrected chi connectivity index (χ1v) is 6.14. The molecule has 1 aromatic rings. The lowest BCUT2D eigenvalue weighted by atomic mass is 10.1. The maximum absolute atomic E-state index is 11.8. The maximum atomic E-state index is 11.8. The zero-order valence-electron chi connectivity index (χ0n) is 10.3. The first kappa shape index (κ1) is 12.7. The summed E-state index contributed by atoms with van der Waals surface area (Å²) in [5.74, 6) is 0.256. The third kappa shape index (κ3) is 3.63. The molecule has 0 bridgehead atoms. The van der Waals surface area contributed by atoms with Crippen LogP contribution in [0, 0.1) is 0 Å². The van der Waals surface area contributed by atoms with Crippen LogP contribution in [0.1, 0.15) is 5.56 Å². The number of hydrogen-bond donors (Lipinski definition) is 2. The number of morpholine rings is 1. The molecule has 1 fully saturated rings. The molecule has 5 nitrogen and oxygen atoms in total. The summed E-state index contributed by atoms with van der Waals surface area (Å²) in [4.78, 5) is 13.5. The Balaban J connectivity index is 1.73. The molecule has 0 spiro atoms. The second-order valence-corrected chi connectivity index (χ2v) is 4.25.